The molecule has 0 bridgehead atoms. The second-order valence-corrected chi connectivity index (χ2v) is 8.16. The second-order valence-electron chi connectivity index (χ2n) is 7.29. The SMILES string of the molecule is NCc1nc(C(=O)N2CCC(c3ccccc3)(c3cn4ccsc4n3)CC2)co1. The summed E-state index contributed by atoms with van der Waals surface area (Å²) in [5.74, 6) is 0.267. The third-order valence-electron chi connectivity index (χ3n) is 5.76. The van der Waals surface area contributed by atoms with Crippen LogP contribution in [0.1, 0.15) is 40.5 Å². The highest BCUT2D eigenvalue weighted by molar-refractivity contribution is 7.15. The van der Waals surface area contributed by atoms with Crippen molar-refractivity contribution in [2.45, 2.75) is 24.8 Å². The molecule has 0 spiro atoms. The molecule has 0 atom stereocenters. The molecule has 0 saturated carbocycles. The predicted molar refractivity (Wildman–Crippen MR) is 110 cm³/mol. The maximum absolute atomic E-state index is 12.9. The van der Waals surface area contributed by atoms with Crippen LogP contribution in [0.4, 0.5) is 0 Å². The van der Waals surface area contributed by atoms with Crippen LogP contribution in [0.3, 0.4) is 0 Å². The number of amides is 1. The van der Waals surface area contributed by atoms with Crippen LogP contribution in [0.5, 0.6) is 0 Å². The van der Waals surface area contributed by atoms with E-state index in [1.54, 1.807) is 11.3 Å². The van der Waals surface area contributed by atoms with Crippen LogP contribution in [0.2, 0.25) is 0 Å². The van der Waals surface area contributed by atoms with Crippen molar-refractivity contribution < 1.29 is 9.21 Å². The first-order chi connectivity index (χ1) is 14.2. The first-order valence-corrected chi connectivity index (χ1v) is 10.5. The van der Waals surface area contributed by atoms with E-state index in [1.165, 1.54) is 11.8 Å². The fraction of sp³-hybridized carbons (Fsp3) is 0.286. The molecule has 5 rings (SSSR count). The fourth-order valence-corrected chi connectivity index (χ4v) is 4.86. The van der Waals surface area contributed by atoms with Gasteiger partial charge in [-0.25, -0.2) is 9.97 Å². The van der Waals surface area contributed by atoms with Gasteiger partial charge in [-0.1, -0.05) is 30.3 Å². The number of nitrogens with two attached hydrogens (primary N) is 1. The largest absolute Gasteiger partial charge is 0.447 e. The Kier molecular flexibility index (Phi) is 4.44. The maximum atomic E-state index is 12.9. The van der Waals surface area contributed by atoms with E-state index in [-0.39, 0.29) is 17.9 Å². The van der Waals surface area contributed by atoms with Gasteiger partial charge in [0.15, 0.2) is 10.7 Å². The summed E-state index contributed by atoms with van der Waals surface area (Å²) in [6.07, 6.45) is 7.16. The Bertz CT molecular complexity index is 1110. The van der Waals surface area contributed by atoms with Gasteiger partial charge in [0.2, 0.25) is 5.89 Å². The molecule has 29 heavy (non-hydrogen) atoms. The summed E-state index contributed by atoms with van der Waals surface area (Å²) >= 11 is 1.63. The van der Waals surface area contributed by atoms with E-state index in [2.05, 4.69) is 39.8 Å². The lowest BCUT2D eigenvalue weighted by Gasteiger charge is -2.41. The van der Waals surface area contributed by atoms with Gasteiger partial charge in [-0.3, -0.25) is 9.20 Å². The number of oxazole rings is 1. The fourth-order valence-electron chi connectivity index (χ4n) is 4.16. The van der Waals surface area contributed by atoms with Crippen LogP contribution < -0.4 is 5.73 Å². The first kappa shape index (κ1) is 18.1. The summed E-state index contributed by atoms with van der Waals surface area (Å²) in [5, 5.41) is 2.04. The van der Waals surface area contributed by atoms with Gasteiger partial charge in [0, 0.05) is 36.3 Å². The summed E-state index contributed by atoms with van der Waals surface area (Å²) in [6.45, 7) is 1.44. The Labute approximate surface area is 171 Å². The molecule has 0 radical (unpaired) electrons. The van der Waals surface area contributed by atoms with Crippen LogP contribution in [-0.2, 0) is 12.0 Å². The highest BCUT2D eigenvalue weighted by Crippen LogP contribution is 2.41. The molecule has 7 nitrogen and oxygen atoms in total. The maximum Gasteiger partial charge on any atom is 0.275 e. The molecule has 4 heterocycles. The third kappa shape index (κ3) is 3.04. The summed E-state index contributed by atoms with van der Waals surface area (Å²) in [5.41, 5.74) is 7.95. The molecule has 148 valence electrons. The van der Waals surface area contributed by atoms with Gasteiger partial charge in [-0.2, -0.15) is 0 Å². The highest BCUT2D eigenvalue weighted by Gasteiger charge is 2.41. The van der Waals surface area contributed by atoms with Gasteiger partial charge in [0.05, 0.1) is 12.2 Å². The number of imidazole rings is 1. The number of nitrogens with zero attached hydrogens (tertiary/aromatic N) is 4. The Morgan fingerprint density at radius 2 is 2.00 bits per heavy atom. The van der Waals surface area contributed by atoms with Crippen molar-refractivity contribution in [1.29, 1.82) is 0 Å². The zero-order valence-corrected chi connectivity index (χ0v) is 16.6. The van der Waals surface area contributed by atoms with Crippen molar-refractivity contribution in [3.8, 4) is 0 Å². The van der Waals surface area contributed by atoms with E-state index in [1.807, 2.05) is 22.5 Å². The summed E-state index contributed by atoms with van der Waals surface area (Å²) < 4.78 is 7.31. The van der Waals surface area contributed by atoms with Crippen molar-refractivity contribution in [2.75, 3.05) is 13.1 Å². The number of hydrogen-bond acceptors (Lipinski definition) is 6. The molecule has 1 fully saturated rings. The van der Waals surface area contributed by atoms with Crippen LogP contribution in [0, 0.1) is 0 Å². The lowest BCUT2D eigenvalue weighted by atomic mass is 9.70. The normalized spacial score (nSPS) is 16.4. The second kappa shape index (κ2) is 7.13. The molecule has 2 N–H and O–H groups in total. The van der Waals surface area contributed by atoms with E-state index in [0.29, 0.717) is 24.7 Å². The number of carbonyl (C=O) groups is 1. The number of hydrogen-bond donors (Lipinski definition) is 1. The summed E-state index contributed by atoms with van der Waals surface area (Å²) in [6, 6.07) is 10.5. The van der Waals surface area contributed by atoms with E-state index in [0.717, 1.165) is 23.5 Å². The molecule has 1 aliphatic rings. The molecular formula is C21H21N5O2S. The van der Waals surface area contributed by atoms with E-state index in [4.69, 9.17) is 15.1 Å². The van der Waals surface area contributed by atoms with Crippen molar-refractivity contribution in [1.82, 2.24) is 19.3 Å². The minimum absolute atomic E-state index is 0.110. The first-order valence-electron chi connectivity index (χ1n) is 9.61. The molecule has 0 unspecified atom stereocenters. The number of fused-ring (bicyclic) bond motifs is 1. The van der Waals surface area contributed by atoms with Gasteiger partial charge >= 0.3 is 0 Å². The molecule has 1 saturated heterocycles. The minimum Gasteiger partial charge on any atom is -0.447 e. The van der Waals surface area contributed by atoms with Gasteiger partial charge in [0.1, 0.15) is 6.26 Å². The average Bonchev–Trinajstić information content (AvgIpc) is 3.50. The van der Waals surface area contributed by atoms with Gasteiger partial charge in [0.25, 0.3) is 5.91 Å². The number of likely N-dealkylation sites (tertiary alicyclic amines) is 1. The predicted octanol–water partition coefficient (Wildman–Crippen LogP) is 3.06. The molecule has 1 amide bonds. The zero-order valence-electron chi connectivity index (χ0n) is 15.8. The number of carbonyl (C=O) groups excluding carboxylic acids is 1. The molecule has 4 aromatic rings. The quantitative estimate of drug-likeness (QED) is 0.562. The number of thiazole rings is 1. The van der Waals surface area contributed by atoms with E-state index in [9.17, 15) is 4.79 Å². The summed E-state index contributed by atoms with van der Waals surface area (Å²) in [4.78, 5) is 24.8. The number of aromatic nitrogens is 3. The van der Waals surface area contributed by atoms with Crippen molar-refractivity contribution in [2.24, 2.45) is 5.73 Å². The van der Waals surface area contributed by atoms with Crippen molar-refractivity contribution in [3.63, 3.8) is 0 Å². The van der Waals surface area contributed by atoms with Gasteiger partial charge < -0.3 is 15.1 Å². The molecule has 1 aliphatic heterocycles. The topological polar surface area (TPSA) is 89.7 Å². The monoisotopic (exact) mass is 407 g/mol. The van der Waals surface area contributed by atoms with E-state index < -0.39 is 0 Å². The van der Waals surface area contributed by atoms with Crippen LogP contribution in [0.25, 0.3) is 4.96 Å². The van der Waals surface area contributed by atoms with E-state index >= 15 is 0 Å². The lowest BCUT2D eigenvalue weighted by Crippen LogP contribution is -2.46. The number of piperidine rings is 1. The smallest absolute Gasteiger partial charge is 0.275 e. The van der Waals surface area contributed by atoms with Crippen molar-refractivity contribution in [3.05, 3.63) is 77.2 Å². The van der Waals surface area contributed by atoms with Crippen LogP contribution in [0.15, 0.2) is 58.8 Å². The van der Waals surface area contributed by atoms with Crippen LogP contribution >= 0.6 is 11.3 Å². The highest BCUT2D eigenvalue weighted by atomic mass is 32.1. The molecule has 0 aliphatic carbocycles. The Morgan fingerprint density at radius 3 is 2.69 bits per heavy atom. The lowest BCUT2D eigenvalue weighted by molar-refractivity contribution is 0.0678. The minimum atomic E-state index is -0.212. The number of rotatable bonds is 4. The zero-order chi connectivity index (χ0) is 19.8. The molecule has 1 aromatic carbocycles. The third-order valence-corrected chi connectivity index (χ3v) is 6.53. The van der Waals surface area contributed by atoms with Gasteiger partial charge in [-0.05, 0) is 18.4 Å². The molecule has 8 heteroatoms. The Morgan fingerprint density at radius 1 is 1.21 bits per heavy atom. The Hall–Kier alpha value is -2.97. The van der Waals surface area contributed by atoms with Gasteiger partial charge in [-0.15, -0.1) is 11.3 Å². The summed E-state index contributed by atoms with van der Waals surface area (Å²) in [7, 11) is 0. The molecule has 3 aromatic heterocycles. The van der Waals surface area contributed by atoms with Crippen LogP contribution in [-0.4, -0.2) is 38.3 Å². The average molecular weight is 407 g/mol. The Balaban J connectivity index is 1.45. The van der Waals surface area contributed by atoms with Crippen molar-refractivity contribution >= 4 is 22.2 Å². The number of benzene rings is 1. The molecular weight excluding hydrogens is 386 g/mol. The standard InChI is InChI=1S/C21H21N5O2S/c22-12-18-23-16(14-28-18)19(27)25-8-6-21(7-9-25,15-4-2-1-3-5-15)17-13-26-10-11-29-20(26)24-17/h1-5,10-11,13-14H,6-9,12,22H2.